The fraction of sp³-hybridized carbons (Fsp3) is 0.385. The van der Waals surface area contributed by atoms with Crippen LogP contribution in [0.3, 0.4) is 0 Å². The number of benzene rings is 2. The highest BCUT2D eigenvalue weighted by Crippen LogP contribution is 2.51. The molecule has 0 unspecified atom stereocenters. The molecular formula is C26H23Cl2FN2O4. The molecule has 1 N–H and O–H groups in total. The number of piperidine rings is 1. The third-order valence-electron chi connectivity index (χ3n) is 7.43. The van der Waals surface area contributed by atoms with E-state index in [9.17, 15) is 14.3 Å². The number of fused-ring (bicyclic) bond motifs is 2. The zero-order valence-electron chi connectivity index (χ0n) is 18.8. The number of hydrogen-bond donors (Lipinski definition) is 1. The summed E-state index contributed by atoms with van der Waals surface area (Å²) >= 11 is 13.0. The third kappa shape index (κ3) is 3.90. The summed E-state index contributed by atoms with van der Waals surface area (Å²) in [6, 6.07) is 9.55. The summed E-state index contributed by atoms with van der Waals surface area (Å²) in [5.74, 6) is -0.499. The molecule has 182 valence electrons. The first kappa shape index (κ1) is 22.8. The minimum absolute atomic E-state index is 0.252. The standard InChI is InChI=1S/C26H23Cl2FN2O4/c27-19-2-1-3-20(28)22(19)23-18(24(35-30-23)15-4-5-15)13-34-26-9-8-14(11-26)12-31(26)16-6-7-21(29)17(10-16)25(32)33/h1-3,6-7,10,14-15H,4-5,8-9,11-13H2,(H,32,33)/t14-,26-/m0/s1. The molecule has 3 aliphatic rings. The van der Waals surface area contributed by atoms with Crippen LogP contribution >= 0.6 is 23.2 Å². The molecule has 0 spiro atoms. The highest BCUT2D eigenvalue weighted by Gasteiger charge is 2.52. The summed E-state index contributed by atoms with van der Waals surface area (Å²) in [5, 5.41) is 14.7. The number of hydrogen-bond acceptors (Lipinski definition) is 5. The number of aromatic nitrogens is 1. The Balaban J connectivity index is 1.34. The summed E-state index contributed by atoms with van der Waals surface area (Å²) < 4.78 is 26.5. The molecule has 2 aromatic carbocycles. The van der Waals surface area contributed by atoms with Crippen LogP contribution in [0.1, 0.15) is 59.7 Å². The quantitative estimate of drug-likeness (QED) is 0.368. The molecule has 2 bridgehead atoms. The van der Waals surface area contributed by atoms with E-state index in [-0.39, 0.29) is 12.2 Å². The van der Waals surface area contributed by atoms with E-state index in [2.05, 4.69) is 10.1 Å². The molecule has 2 aliphatic carbocycles. The topological polar surface area (TPSA) is 75.8 Å². The van der Waals surface area contributed by atoms with E-state index < -0.39 is 17.5 Å². The van der Waals surface area contributed by atoms with Crippen LogP contribution in [0.15, 0.2) is 40.9 Å². The molecule has 2 saturated carbocycles. The van der Waals surface area contributed by atoms with Gasteiger partial charge >= 0.3 is 5.97 Å². The Morgan fingerprint density at radius 2 is 2.00 bits per heavy atom. The van der Waals surface area contributed by atoms with E-state index in [1.165, 1.54) is 12.1 Å². The summed E-state index contributed by atoms with van der Waals surface area (Å²) in [7, 11) is 0. The van der Waals surface area contributed by atoms with Crippen molar-refractivity contribution in [2.75, 3.05) is 11.4 Å². The van der Waals surface area contributed by atoms with E-state index in [0.717, 1.165) is 50.0 Å². The van der Waals surface area contributed by atoms with Gasteiger partial charge in [0.1, 0.15) is 23.0 Å². The molecule has 2 heterocycles. The van der Waals surface area contributed by atoms with Crippen LogP contribution in [-0.4, -0.2) is 28.5 Å². The molecule has 0 radical (unpaired) electrons. The van der Waals surface area contributed by atoms with Crippen LogP contribution in [-0.2, 0) is 11.3 Å². The predicted octanol–water partition coefficient (Wildman–Crippen LogP) is 6.90. The maximum absolute atomic E-state index is 14.1. The van der Waals surface area contributed by atoms with Crippen molar-refractivity contribution in [1.82, 2.24) is 5.16 Å². The minimum atomic E-state index is -1.29. The van der Waals surface area contributed by atoms with Gasteiger partial charge in [-0.2, -0.15) is 0 Å². The van der Waals surface area contributed by atoms with E-state index in [1.807, 2.05) is 0 Å². The average Bonchev–Trinajstić information content (AvgIpc) is 3.31. The summed E-state index contributed by atoms with van der Waals surface area (Å²) in [5.41, 5.74) is 1.75. The van der Waals surface area contributed by atoms with Crippen LogP contribution in [0.5, 0.6) is 0 Å². The lowest BCUT2D eigenvalue weighted by molar-refractivity contribution is -0.0452. The largest absolute Gasteiger partial charge is 0.478 e. The Bertz CT molecular complexity index is 1300. The van der Waals surface area contributed by atoms with Gasteiger partial charge in [0.05, 0.1) is 22.2 Å². The molecule has 1 aliphatic heterocycles. The van der Waals surface area contributed by atoms with E-state index in [4.69, 9.17) is 32.5 Å². The van der Waals surface area contributed by atoms with Crippen molar-refractivity contribution >= 4 is 34.9 Å². The zero-order chi connectivity index (χ0) is 24.3. The maximum Gasteiger partial charge on any atom is 0.338 e. The van der Waals surface area contributed by atoms with Crippen molar-refractivity contribution in [2.24, 2.45) is 5.92 Å². The van der Waals surface area contributed by atoms with Gasteiger partial charge in [-0.3, -0.25) is 0 Å². The summed E-state index contributed by atoms with van der Waals surface area (Å²) in [6.45, 7) is 0.982. The van der Waals surface area contributed by atoms with E-state index in [1.54, 1.807) is 24.3 Å². The molecule has 1 aromatic heterocycles. The van der Waals surface area contributed by atoms with Gasteiger partial charge in [-0.1, -0.05) is 34.4 Å². The summed E-state index contributed by atoms with van der Waals surface area (Å²) in [6.07, 6.45) is 4.70. The lowest BCUT2D eigenvalue weighted by atomic mass is 10.0. The molecule has 1 saturated heterocycles. The SMILES string of the molecule is O=C(O)c1cc(N2C[C@H]3CC[C@]2(OCc2c(-c4c(Cl)cccc4Cl)noc2C2CC2)C3)ccc1F. The number of aromatic carboxylic acids is 1. The molecule has 3 aromatic rings. The molecule has 3 fully saturated rings. The number of nitrogens with zero attached hydrogens (tertiary/aromatic N) is 2. The first-order valence-corrected chi connectivity index (χ1v) is 12.5. The van der Waals surface area contributed by atoms with E-state index >= 15 is 0 Å². The Labute approximate surface area is 211 Å². The van der Waals surface area contributed by atoms with Crippen molar-refractivity contribution in [3.05, 3.63) is 69.1 Å². The number of rotatable bonds is 7. The number of carboxylic acids is 1. The predicted molar refractivity (Wildman–Crippen MR) is 130 cm³/mol. The van der Waals surface area contributed by atoms with Gasteiger partial charge in [-0.05, 0) is 68.4 Å². The van der Waals surface area contributed by atoms with Crippen LogP contribution in [0.2, 0.25) is 10.0 Å². The second-order valence-electron chi connectivity index (χ2n) is 9.67. The normalized spacial score (nSPS) is 23.3. The Morgan fingerprint density at radius 1 is 1.23 bits per heavy atom. The van der Waals surface area contributed by atoms with Crippen LogP contribution in [0.25, 0.3) is 11.3 Å². The molecule has 0 amide bonds. The molecule has 6 rings (SSSR count). The fourth-order valence-corrected chi connectivity index (χ4v) is 6.14. The number of carbonyl (C=O) groups is 1. The van der Waals surface area contributed by atoms with Gasteiger partial charge in [-0.25, -0.2) is 9.18 Å². The number of carboxylic acid groups (broad SMARTS) is 1. The number of halogens is 3. The molecule has 35 heavy (non-hydrogen) atoms. The fourth-order valence-electron chi connectivity index (χ4n) is 5.56. The lowest BCUT2D eigenvalue weighted by Gasteiger charge is -2.40. The van der Waals surface area contributed by atoms with Crippen LogP contribution in [0, 0.1) is 11.7 Å². The van der Waals surface area contributed by atoms with Gasteiger partial charge < -0.3 is 19.3 Å². The van der Waals surface area contributed by atoms with Gasteiger partial charge in [-0.15, -0.1) is 0 Å². The Hall–Kier alpha value is -2.61. The second kappa shape index (κ2) is 8.50. The van der Waals surface area contributed by atoms with Gasteiger partial charge in [0.15, 0.2) is 0 Å². The number of anilines is 1. The van der Waals surface area contributed by atoms with Crippen molar-refractivity contribution < 1.29 is 23.6 Å². The van der Waals surface area contributed by atoms with Crippen molar-refractivity contribution in [1.29, 1.82) is 0 Å². The average molecular weight is 517 g/mol. The number of ether oxygens (including phenoxy) is 1. The lowest BCUT2D eigenvalue weighted by Crippen LogP contribution is -2.47. The highest BCUT2D eigenvalue weighted by molar-refractivity contribution is 6.39. The van der Waals surface area contributed by atoms with Crippen molar-refractivity contribution in [3.63, 3.8) is 0 Å². The van der Waals surface area contributed by atoms with E-state index in [0.29, 0.717) is 38.8 Å². The van der Waals surface area contributed by atoms with Crippen molar-refractivity contribution in [2.45, 2.75) is 50.4 Å². The van der Waals surface area contributed by atoms with Crippen LogP contribution in [0.4, 0.5) is 10.1 Å². The molecule has 6 nitrogen and oxygen atoms in total. The zero-order valence-corrected chi connectivity index (χ0v) is 20.3. The van der Waals surface area contributed by atoms with Gasteiger partial charge in [0.2, 0.25) is 0 Å². The monoisotopic (exact) mass is 516 g/mol. The minimum Gasteiger partial charge on any atom is -0.478 e. The van der Waals surface area contributed by atoms with Crippen molar-refractivity contribution in [3.8, 4) is 11.3 Å². The Kier molecular flexibility index (Phi) is 5.55. The molecule has 9 heteroatoms. The summed E-state index contributed by atoms with van der Waals surface area (Å²) in [4.78, 5) is 13.6. The molecular weight excluding hydrogens is 494 g/mol. The first-order valence-electron chi connectivity index (χ1n) is 11.7. The smallest absolute Gasteiger partial charge is 0.338 e. The highest BCUT2D eigenvalue weighted by atomic mass is 35.5. The second-order valence-corrected chi connectivity index (χ2v) is 10.5. The van der Waals surface area contributed by atoms with Gasteiger partial charge in [0, 0.05) is 29.3 Å². The van der Waals surface area contributed by atoms with Crippen LogP contribution < -0.4 is 4.90 Å². The maximum atomic E-state index is 14.1. The molecule has 2 atom stereocenters. The van der Waals surface area contributed by atoms with Gasteiger partial charge in [0.25, 0.3) is 0 Å². The Morgan fingerprint density at radius 3 is 2.69 bits per heavy atom. The first-order chi connectivity index (χ1) is 16.9. The third-order valence-corrected chi connectivity index (χ3v) is 8.06.